The van der Waals surface area contributed by atoms with E-state index in [1.165, 1.54) is 0 Å². The Labute approximate surface area is 113 Å². The SMILES string of the molecule is CCCCC(CC)C(=O)N(CCCN)CC(C)C. The van der Waals surface area contributed by atoms with Gasteiger partial charge in [-0.2, -0.15) is 0 Å². The molecule has 18 heavy (non-hydrogen) atoms. The van der Waals surface area contributed by atoms with Crippen LogP contribution in [0.5, 0.6) is 0 Å². The molecule has 0 heterocycles. The summed E-state index contributed by atoms with van der Waals surface area (Å²) in [5.74, 6) is 1.07. The van der Waals surface area contributed by atoms with Crippen LogP contribution in [-0.4, -0.2) is 30.4 Å². The summed E-state index contributed by atoms with van der Waals surface area (Å²) >= 11 is 0. The van der Waals surface area contributed by atoms with Gasteiger partial charge in [-0.25, -0.2) is 0 Å². The number of hydrogen-bond donors (Lipinski definition) is 1. The van der Waals surface area contributed by atoms with Gasteiger partial charge < -0.3 is 10.6 Å². The molecule has 108 valence electrons. The molecule has 2 N–H and O–H groups in total. The van der Waals surface area contributed by atoms with E-state index in [4.69, 9.17) is 5.73 Å². The highest BCUT2D eigenvalue weighted by molar-refractivity contribution is 5.78. The van der Waals surface area contributed by atoms with Crippen LogP contribution in [0, 0.1) is 11.8 Å². The topological polar surface area (TPSA) is 46.3 Å². The number of nitrogens with two attached hydrogens (primary N) is 1. The summed E-state index contributed by atoms with van der Waals surface area (Å²) in [4.78, 5) is 14.5. The Hall–Kier alpha value is -0.570. The zero-order chi connectivity index (χ0) is 14.0. The summed E-state index contributed by atoms with van der Waals surface area (Å²) in [6.45, 7) is 11.0. The fourth-order valence-corrected chi connectivity index (χ4v) is 2.23. The number of hydrogen-bond acceptors (Lipinski definition) is 2. The lowest BCUT2D eigenvalue weighted by atomic mass is 9.97. The predicted octanol–water partition coefficient (Wildman–Crippen LogP) is 3.04. The Kier molecular flexibility index (Phi) is 10.0. The van der Waals surface area contributed by atoms with Gasteiger partial charge >= 0.3 is 0 Å². The first-order chi connectivity index (χ1) is 8.56. The maximum Gasteiger partial charge on any atom is 0.225 e. The lowest BCUT2D eigenvalue weighted by molar-refractivity contribution is -0.136. The van der Waals surface area contributed by atoms with Gasteiger partial charge in [0.05, 0.1) is 0 Å². The Bertz CT molecular complexity index is 217. The van der Waals surface area contributed by atoms with Gasteiger partial charge in [0.2, 0.25) is 5.91 Å². The Balaban J connectivity index is 4.47. The molecule has 3 nitrogen and oxygen atoms in total. The number of amides is 1. The van der Waals surface area contributed by atoms with Crippen molar-refractivity contribution in [1.82, 2.24) is 4.90 Å². The molecular formula is C15H32N2O. The minimum Gasteiger partial charge on any atom is -0.342 e. The van der Waals surface area contributed by atoms with Crippen LogP contribution >= 0.6 is 0 Å². The van der Waals surface area contributed by atoms with E-state index >= 15 is 0 Å². The second-order valence-electron chi connectivity index (χ2n) is 5.57. The van der Waals surface area contributed by atoms with Gasteiger partial charge in [0.1, 0.15) is 0 Å². The third kappa shape index (κ3) is 7.00. The maximum absolute atomic E-state index is 12.5. The molecule has 0 aliphatic rings. The number of carbonyl (C=O) groups is 1. The smallest absolute Gasteiger partial charge is 0.225 e. The molecule has 0 rings (SSSR count). The first kappa shape index (κ1) is 17.4. The van der Waals surface area contributed by atoms with Crippen LogP contribution in [0.2, 0.25) is 0 Å². The average molecular weight is 256 g/mol. The fraction of sp³-hybridized carbons (Fsp3) is 0.933. The molecule has 0 aromatic rings. The van der Waals surface area contributed by atoms with Crippen molar-refractivity contribution in [1.29, 1.82) is 0 Å². The van der Waals surface area contributed by atoms with Gasteiger partial charge in [-0.3, -0.25) is 4.79 Å². The van der Waals surface area contributed by atoms with Crippen molar-refractivity contribution in [3.05, 3.63) is 0 Å². The highest BCUT2D eigenvalue weighted by Crippen LogP contribution is 2.17. The quantitative estimate of drug-likeness (QED) is 0.653. The normalized spacial score (nSPS) is 12.8. The van der Waals surface area contributed by atoms with E-state index in [1.54, 1.807) is 0 Å². The van der Waals surface area contributed by atoms with E-state index in [0.29, 0.717) is 18.4 Å². The molecule has 0 radical (unpaired) electrons. The van der Waals surface area contributed by atoms with E-state index in [-0.39, 0.29) is 5.92 Å². The molecule has 0 aliphatic heterocycles. The first-order valence-electron chi connectivity index (χ1n) is 7.55. The summed E-state index contributed by atoms with van der Waals surface area (Å²) in [6.07, 6.45) is 5.20. The lowest BCUT2D eigenvalue weighted by Crippen LogP contribution is -2.39. The minimum atomic E-state index is 0.210. The lowest BCUT2D eigenvalue weighted by Gasteiger charge is -2.28. The zero-order valence-corrected chi connectivity index (χ0v) is 12.7. The fourth-order valence-electron chi connectivity index (χ4n) is 2.23. The Morgan fingerprint density at radius 2 is 1.89 bits per heavy atom. The van der Waals surface area contributed by atoms with Gasteiger partial charge in [0, 0.05) is 19.0 Å². The summed E-state index contributed by atoms with van der Waals surface area (Å²) in [5, 5.41) is 0. The third-order valence-corrected chi connectivity index (χ3v) is 3.28. The molecule has 1 amide bonds. The van der Waals surface area contributed by atoms with Crippen LogP contribution in [-0.2, 0) is 4.79 Å². The number of nitrogens with zero attached hydrogens (tertiary/aromatic N) is 1. The molecule has 0 saturated carbocycles. The van der Waals surface area contributed by atoms with Crippen LogP contribution in [0.4, 0.5) is 0 Å². The standard InChI is InChI=1S/C15H32N2O/c1-5-7-9-14(6-2)15(18)17(11-8-10-16)12-13(3)4/h13-14H,5-12,16H2,1-4H3. The Morgan fingerprint density at radius 3 is 2.33 bits per heavy atom. The number of unbranched alkanes of at least 4 members (excludes halogenated alkanes) is 1. The van der Waals surface area contributed by atoms with E-state index in [2.05, 4.69) is 27.7 Å². The molecule has 3 heteroatoms. The largest absolute Gasteiger partial charge is 0.342 e. The summed E-state index contributed by atoms with van der Waals surface area (Å²) in [7, 11) is 0. The molecule has 0 aromatic heterocycles. The van der Waals surface area contributed by atoms with Crippen LogP contribution < -0.4 is 5.73 Å². The molecule has 0 spiro atoms. The zero-order valence-electron chi connectivity index (χ0n) is 12.7. The second kappa shape index (κ2) is 10.4. The van der Waals surface area contributed by atoms with Crippen molar-refractivity contribution in [2.45, 2.75) is 59.8 Å². The monoisotopic (exact) mass is 256 g/mol. The van der Waals surface area contributed by atoms with Gasteiger partial charge in [-0.1, -0.05) is 40.5 Å². The number of carbonyl (C=O) groups excluding carboxylic acids is 1. The molecule has 1 atom stereocenters. The molecule has 0 aromatic carbocycles. The van der Waals surface area contributed by atoms with E-state index in [0.717, 1.165) is 45.2 Å². The van der Waals surface area contributed by atoms with Crippen LogP contribution in [0.25, 0.3) is 0 Å². The molecule has 0 fully saturated rings. The van der Waals surface area contributed by atoms with Gasteiger partial charge in [-0.05, 0) is 31.7 Å². The maximum atomic E-state index is 12.5. The molecule has 1 unspecified atom stereocenters. The van der Waals surface area contributed by atoms with Crippen LogP contribution in [0.3, 0.4) is 0 Å². The van der Waals surface area contributed by atoms with Gasteiger partial charge in [0.25, 0.3) is 0 Å². The predicted molar refractivity (Wildman–Crippen MR) is 78.4 cm³/mol. The Morgan fingerprint density at radius 1 is 1.22 bits per heavy atom. The van der Waals surface area contributed by atoms with Gasteiger partial charge in [-0.15, -0.1) is 0 Å². The van der Waals surface area contributed by atoms with E-state index in [9.17, 15) is 4.79 Å². The van der Waals surface area contributed by atoms with E-state index < -0.39 is 0 Å². The van der Waals surface area contributed by atoms with Crippen molar-refractivity contribution in [3.8, 4) is 0 Å². The summed E-state index contributed by atoms with van der Waals surface area (Å²) < 4.78 is 0. The summed E-state index contributed by atoms with van der Waals surface area (Å²) in [5.41, 5.74) is 5.56. The third-order valence-electron chi connectivity index (χ3n) is 3.28. The van der Waals surface area contributed by atoms with Crippen molar-refractivity contribution in [2.75, 3.05) is 19.6 Å². The van der Waals surface area contributed by atoms with E-state index in [1.807, 2.05) is 4.90 Å². The molecule has 0 saturated heterocycles. The van der Waals surface area contributed by atoms with Crippen molar-refractivity contribution < 1.29 is 4.79 Å². The number of rotatable bonds is 10. The van der Waals surface area contributed by atoms with Gasteiger partial charge in [0.15, 0.2) is 0 Å². The summed E-state index contributed by atoms with van der Waals surface area (Å²) in [6, 6.07) is 0. The van der Waals surface area contributed by atoms with Crippen molar-refractivity contribution in [2.24, 2.45) is 17.6 Å². The molecular weight excluding hydrogens is 224 g/mol. The highest BCUT2D eigenvalue weighted by Gasteiger charge is 2.22. The molecule has 0 bridgehead atoms. The van der Waals surface area contributed by atoms with Crippen LogP contribution in [0.1, 0.15) is 59.8 Å². The van der Waals surface area contributed by atoms with Crippen molar-refractivity contribution in [3.63, 3.8) is 0 Å². The molecule has 0 aliphatic carbocycles. The minimum absolute atomic E-state index is 0.210. The van der Waals surface area contributed by atoms with Crippen LogP contribution in [0.15, 0.2) is 0 Å². The highest BCUT2D eigenvalue weighted by atomic mass is 16.2. The first-order valence-corrected chi connectivity index (χ1v) is 7.55. The second-order valence-corrected chi connectivity index (χ2v) is 5.57. The average Bonchev–Trinajstić information content (AvgIpc) is 2.34. The van der Waals surface area contributed by atoms with Crippen molar-refractivity contribution >= 4 is 5.91 Å².